The molecule has 9 rings (SSSR count). The number of fused-ring (bicyclic) bond motifs is 1. The number of para-hydroxylation sites is 1. The standard InChI is InChI=1S/C36H57N7O4.C19H17N3O2.CH5N/c1-29(6-9-35(46)37-28-45)38(2)26-32-24-34(8-7-31(32)27-44)41-22-20-39(21-23-41)25-30-10-16-42(17-11-30)36(47)43-18-12-33(13-19-43)40-14-4-3-5-15-40;23-13-17-18(21-22-12-4-11-20-19(17)22)14-7-9-16(10-8-14)24-15-5-2-1-3-6-15;1-2/h7-8,24,27-30,33H,3-6,9-23,25-26H2,1-2H3,(H,37,45,46);1-3,5-10,13,20H,4,11-12H2;2H2,1H3. The molecule has 5 aliphatic heterocycles. The molecular weight excluding hydrogens is 923 g/mol. The van der Waals surface area contributed by atoms with Crippen LogP contribution in [0.1, 0.15) is 97.4 Å². The Hall–Kier alpha value is -6.14. The quantitative estimate of drug-likeness (QED) is 0.0996. The van der Waals surface area contributed by atoms with Crippen LogP contribution in [-0.2, 0) is 22.7 Å². The zero-order valence-corrected chi connectivity index (χ0v) is 43.5. The first kappa shape index (κ1) is 54.6. The number of hydrogen-bond donors (Lipinski definition) is 3. The van der Waals surface area contributed by atoms with E-state index in [9.17, 15) is 24.0 Å². The molecule has 17 nitrogen and oxygen atoms in total. The van der Waals surface area contributed by atoms with Crippen LogP contribution in [0.2, 0.25) is 0 Å². The van der Waals surface area contributed by atoms with Crippen molar-refractivity contribution in [3.8, 4) is 22.8 Å². The molecule has 4 amide bonds. The summed E-state index contributed by atoms with van der Waals surface area (Å²) in [6.07, 6.45) is 12.6. The summed E-state index contributed by atoms with van der Waals surface area (Å²) in [4.78, 5) is 72.9. The minimum absolute atomic E-state index is 0.117. The third-order valence-electron chi connectivity index (χ3n) is 15.3. The lowest BCUT2D eigenvalue weighted by atomic mass is 9.95. The molecule has 4 saturated heterocycles. The number of piperazine rings is 1. The predicted molar refractivity (Wildman–Crippen MR) is 287 cm³/mol. The first-order valence-corrected chi connectivity index (χ1v) is 26.7. The molecular formula is C56H79N11O6. The molecule has 1 atom stereocenters. The normalized spacial score (nSPS) is 18.2. The van der Waals surface area contributed by atoms with Crippen molar-refractivity contribution < 1.29 is 28.7 Å². The molecule has 0 aliphatic carbocycles. The van der Waals surface area contributed by atoms with E-state index in [4.69, 9.17) is 4.74 Å². The Morgan fingerprint density at radius 1 is 0.795 bits per heavy atom. The molecule has 1 unspecified atom stereocenters. The monoisotopic (exact) mass is 1000 g/mol. The van der Waals surface area contributed by atoms with Gasteiger partial charge in [0.15, 0.2) is 6.29 Å². The van der Waals surface area contributed by atoms with Gasteiger partial charge in [0.25, 0.3) is 0 Å². The summed E-state index contributed by atoms with van der Waals surface area (Å²) < 4.78 is 7.67. The van der Waals surface area contributed by atoms with Gasteiger partial charge in [-0.05, 0) is 152 Å². The molecule has 0 radical (unpaired) electrons. The summed E-state index contributed by atoms with van der Waals surface area (Å²) in [5, 5.41) is 10.0. The second kappa shape index (κ2) is 27.8. The van der Waals surface area contributed by atoms with Gasteiger partial charge in [-0.25, -0.2) is 9.48 Å². The number of carbonyl (C=O) groups is 5. The van der Waals surface area contributed by atoms with Crippen molar-refractivity contribution in [3.05, 3.63) is 89.5 Å². The summed E-state index contributed by atoms with van der Waals surface area (Å²) in [7, 11) is 3.50. The summed E-state index contributed by atoms with van der Waals surface area (Å²) in [5.74, 6) is 2.72. The summed E-state index contributed by atoms with van der Waals surface area (Å²) in [5.41, 5.74) is 9.55. The third kappa shape index (κ3) is 15.0. The molecule has 3 aromatic carbocycles. The Kier molecular flexibility index (Phi) is 20.8. The Morgan fingerprint density at radius 3 is 2.12 bits per heavy atom. The van der Waals surface area contributed by atoms with Gasteiger partial charge in [0.2, 0.25) is 12.3 Å². The summed E-state index contributed by atoms with van der Waals surface area (Å²) >= 11 is 0. The number of piperidine rings is 3. The van der Waals surface area contributed by atoms with Crippen molar-refractivity contribution in [1.29, 1.82) is 0 Å². The number of hydrogen-bond acceptors (Lipinski definition) is 13. The van der Waals surface area contributed by atoms with E-state index in [1.54, 1.807) is 0 Å². The number of aryl methyl sites for hydroxylation is 1. The van der Waals surface area contributed by atoms with E-state index >= 15 is 0 Å². The van der Waals surface area contributed by atoms with Gasteiger partial charge in [-0.2, -0.15) is 5.10 Å². The highest BCUT2D eigenvalue weighted by molar-refractivity contribution is 5.92. The highest BCUT2D eigenvalue weighted by Gasteiger charge is 2.32. The molecule has 0 spiro atoms. The predicted octanol–water partition coefficient (Wildman–Crippen LogP) is 6.82. The van der Waals surface area contributed by atoms with Gasteiger partial charge in [0.1, 0.15) is 29.3 Å². The van der Waals surface area contributed by atoms with Crippen LogP contribution in [0.4, 0.5) is 16.3 Å². The van der Waals surface area contributed by atoms with Crippen molar-refractivity contribution in [3.63, 3.8) is 0 Å². The lowest BCUT2D eigenvalue weighted by Gasteiger charge is -2.43. The Labute approximate surface area is 432 Å². The number of urea groups is 1. The van der Waals surface area contributed by atoms with E-state index in [2.05, 4.69) is 69.9 Å². The van der Waals surface area contributed by atoms with Crippen LogP contribution >= 0.6 is 0 Å². The van der Waals surface area contributed by atoms with Crippen molar-refractivity contribution in [2.75, 3.05) is 103 Å². The van der Waals surface area contributed by atoms with Crippen molar-refractivity contribution in [1.82, 2.24) is 39.6 Å². The summed E-state index contributed by atoms with van der Waals surface area (Å²) in [6.45, 7) is 15.4. The first-order chi connectivity index (χ1) is 35.7. The Morgan fingerprint density at radius 2 is 1.47 bits per heavy atom. The lowest BCUT2D eigenvalue weighted by Crippen LogP contribution is -2.53. The van der Waals surface area contributed by atoms with Crippen LogP contribution in [0.3, 0.4) is 0 Å². The average molecular weight is 1000 g/mol. The minimum Gasteiger partial charge on any atom is -0.457 e. The minimum atomic E-state index is -0.274. The molecule has 394 valence electrons. The van der Waals surface area contributed by atoms with Crippen LogP contribution in [0.25, 0.3) is 11.3 Å². The van der Waals surface area contributed by atoms with Crippen LogP contribution in [-0.4, -0.2) is 170 Å². The van der Waals surface area contributed by atoms with E-state index in [1.165, 1.54) is 39.4 Å². The number of nitrogens with two attached hydrogens (primary N) is 1. The van der Waals surface area contributed by atoms with E-state index in [0.29, 0.717) is 48.2 Å². The molecule has 6 heterocycles. The number of amides is 4. The number of nitrogens with one attached hydrogen (secondary N) is 2. The second-order valence-electron chi connectivity index (χ2n) is 20.0. The van der Waals surface area contributed by atoms with Gasteiger partial charge in [-0.3, -0.25) is 34.3 Å². The van der Waals surface area contributed by atoms with Crippen LogP contribution in [0, 0.1) is 5.92 Å². The van der Waals surface area contributed by atoms with Crippen molar-refractivity contribution >= 4 is 42.4 Å². The van der Waals surface area contributed by atoms with Crippen LogP contribution < -0.4 is 26.0 Å². The van der Waals surface area contributed by atoms with Crippen LogP contribution in [0.5, 0.6) is 11.5 Å². The maximum Gasteiger partial charge on any atom is 0.319 e. The highest BCUT2D eigenvalue weighted by atomic mass is 16.5. The SMILES string of the molecule is CC(CCC(=O)NC=O)N(C)Cc1cc(N2CCN(CC3CCN(C(=O)N4CCC(N5CCCCC5)CC4)CC3)CC2)ccc1C=O.CN.O=Cc1c(-c2ccc(Oc3ccccc3)cc2)nn2c1NCCC2. The zero-order valence-electron chi connectivity index (χ0n) is 43.5. The number of imide groups is 1. The fourth-order valence-electron chi connectivity index (χ4n) is 10.8. The van der Waals surface area contributed by atoms with Gasteiger partial charge in [0, 0.05) is 114 Å². The molecule has 0 bridgehead atoms. The van der Waals surface area contributed by atoms with Crippen molar-refractivity contribution in [2.24, 2.45) is 11.7 Å². The maximum atomic E-state index is 13.3. The molecule has 4 N–H and O–H groups in total. The van der Waals surface area contributed by atoms with Gasteiger partial charge < -0.3 is 35.4 Å². The molecule has 17 heteroatoms. The smallest absolute Gasteiger partial charge is 0.319 e. The number of carbonyl (C=O) groups excluding carboxylic acids is 5. The topological polar surface area (TPSA) is 182 Å². The molecule has 5 aliphatic rings. The van der Waals surface area contributed by atoms with E-state index in [0.717, 1.165) is 151 Å². The molecule has 4 aromatic rings. The number of nitrogens with zero attached hydrogens (tertiary/aromatic N) is 8. The fourth-order valence-corrected chi connectivity index (χ4v) is 10.8. The van der Waals surface area contributed by atoms with E-state index < -0.39 is 0 Å². The second-order valence-corrected chi connectivity index (χ2v) is 20.0. The summed E-state index contributed by atoms with van der Waals surface area (Å²) in [6, 6.07) is 24.4. The van der Waals surface area contributed by atoms with Gasteiger partial charge in [-0.1, -0.05) is 24.6 Å². The maximum absolute atomic E-state index is 13.3. The van der Waals surface area contributed by atoms with E-state index in [-0.39, 0.29) is 24.4 Å². The third-order valence-corrected chi connectivity index (χ3v) is 15.3. The van der Waals surface area contributed by atoms with Gasteiger partial charge in [-0.15, -0.1) is 0 Å². The molecule has 4 fully saturated rings. The molecule has 0 saturated carbocycles. The highest BCUT2D eigenvalue weighted by Crippen LogP contribution is 2.32. The zero-order chi connectivity index (χ0) is 51.5. The Bertz CT molecular complexity index is 2370. The average Bonchev–Trinajstić information content (AvgIpc) is 3.83. The largest absolute Gasteiger partial charge is 0.457 e. The number of benzene rings is 3. The number of rotatable bonds is 16. The number of likely N-dealkylation sites (tertiary alicyclic amines) is 3. The number of ether oxygens (including phenoxy) is 1. The fraction of sp³-hybridized carbons (Fsp3) is 0.536. The van der Waals surface area contributed by atoms with E-state index in [1.807, 2.05) is 72.4 Å². The first-order valence-electron chi connectivity index (χ1n) is 26.7. The lowest BCUT2D eigenvalue weighted by molar-refractivity contribution is -0.125. The van der Waals surface area contributed by atoms with Gasteiger partial charge in [0.05, 0.1) is 5.56 Å². The number of anilines is 2. The van der Waals surface area contributed by atoms with Crippen molar-refractivity contribution in [2.45, 2.75) is 96.3 Å². The van der Waals surface area contributed by atoms with Gasteiger partial charge >= 0.3 is 6.03 Å². The number of aromatic nitrogens is 2. The molecule has 73 heavy (non-hydrogen) atoms. The van der Waals surface area contributed by atoms with Crippen LogP contribution in [0.15, 0.2) is 72.8 Å². The molecule has 1 aromatic heterocycles. The Balaban J connectivity index is 0.000000250. The number of aldehydes is 2.